The average molecular weight is 303 g/mol. The zero-order chi connectivity index (χ0) is 15.1. The summed E-state index contributed by atoms with van der Waals surface area (Å²) in [7, 11) is 1.96. The molecule has 0 aliphatic carbocycles. The van der Waals surface area contributed by atoms with E-state index in [4.69, 9.17) is 16.6 Å². The predicted molar refractivity (Wildman–Crippen MR) is 86.2 cm³/mol. The first-order chi connectivity index (χ1) is 10.0. The van der Waals surface area contributed by atoms with Gasteiger partial charge in [-0.1, -0.05) is 13.0 Å². The number of rotatable bonds is 3. The SMILES string of the molecule is CCc1nn(C)c2c1nc(CCl)n2-c1cc(C)cc(C)c1. The second kappa shape index (κ2) is 5.19. The van der Waals surface area contributed by atoms with Crippen LogP contribution in [0.15, 0.2) is 18.2 Å². The van der Waals surface area contributed by atoms with Gasteiger partial charge in [0.05, 0.1) is 11.6 Å². The first-order valence-electron chi connectivity index (χ1n) is 7.13. The Balaban J connectivity index is 2.37. The average Bonchev–Trinajstić information content (AvgIpc) is 2.95. The van der Waals surface area contributed by atoms with Crippen LogP contribution in [0.4, 0.5) is 0 Å². The first-order valence-corrected chi connectivity index (χ1v) is 7.66. The van der Waals surface area contributed by atoms with Crippen LogP contribution in [0.3, 0.4) is 0 Å². The van der Waals surface area contributed by atoms with Gasteiger partial charge < -0.3 is 0 Å². The molecule has 0 fully saturated rings. The molecule has 1 aromatic carbocycles. The Morgan fingerprint density at radius 3 is 2.38 bits per heavy atom. The lowest BCUT2D eigenvalue weighted by molar-refractivity contribution is 0.744. The van der Waals surface area contributed by atoms with Crippen molar-refractivity contribution in [2.24, 2.45) is 7.05 Å². The zero-order valence-corrected chi connectivity index (χ0v) is 13.6. The van der Waals surface area contributed by atoms with Gasteiger partial charge in [0.1, 0.15) is 11.3 Å². The monoisotopic (exact) mass is 302 g/mol. The number of halogens is 1. The summed E-state index contributed by atoms with van der Waals surface area (Å²) in [5, 5.41) is 4.56. The number of imidazole rings is 1. The zero-order valence-electron chi connectivity index (χ0n) is 12.8. The lowest BCUT2D eigenvalue weighted by Crippen LogP contribution is -2.05. The minimum atomic E-state index is 0.380. The lowest BCUT2D eigenvalue weighted by atomic mass is 10.1. The lowest BCUT2D eigenvalue weighted by Gasteiger charge is -2.10. The van der Waals surface area contributed by atoms with Crippen LogP contribution in [0, 0.1) is 13.8 Å². The van der Waals surface area contributed by atoms with E-state index >= 15 is 0 Å². The molecular formula is C16H19ClN4. The summed E-state index contributed by atoms with van der Waals surface area (Å²) in [5.41, 5.74) is 6.52. The van der Waals surface area contributed by atoms with Crippen LogP contribution in [0.5, 0.6) is 0 Å². The van der Waals surface area contributed by atoms with E-state index in [0.29, 0.717) is 5.88 Å². The normalized spacial score (nSPS) is 11.5. The van der Waals surface area contributed by atoms with Crippen LogP contribution < -0.4 is 0 Å². The van der Waals surface area contributed by atoms with Crippen LogP contribution >= 0.6 is 11.6 Å². The van der Waals surface area contributed by atoms with E-state index in [2.05, 4.69) is 48.6 Å². The predicted octanol–water partition coefficient (Wildman–Crippen LogP) is 3.68. The van der Waals surface area contributed by atoms with Crippen LogP contribution in [-0.2, 0) is 19.3 Å². The molecule has 3 aromatic rings. The van der Waals surface area contributed by atoms with E-state index < -0.39 is 0 Å². The van der Waals surface area contributed by atoms with E-state index in [1.54, 1.807) is 0 Å². The number of hydrogen-bond donors (Lipinski definition) is 0. The highest BCUT2D eigenvalue weighted by molar-refractivity contribution is 6.17. The summed E-state index contributed by atoms with van der Waals surface area (Å²) in [4.78, 5) is 4.71. The molecular weight excluding hydrogens is 284 g/mol. The molecule has 0 atom stereocenters. The first kappa shape index (κ1) is 14.1. The number of aromatic nitrogens is 4. The quantitative estimate of drug-likeness (QED) is 0.692. The van der Waals surface area contributed by atoms with Crippen molar-refractivity contribution in [1.82, 2.24) is 19.3 Å². The Morgan fingerprint density at radius 2 is 1.81 bits per heavy atom. The highest BCUT2D eigenvalue weighted by Gasteiger charge is 2.19. The van der Waals surface area contributed by atoms with Gasteiger partial charge in [0.15, 0.2) is 5.65 Å². The number of alkyl halides is 1. The molecule has 0 aliphatic heterocycles. The number of aryl methyl sites for hydroxylation is 4. The molecule has 0 saturated heterocycles. The van der Waals surface area contributed by atoms with Gasteiger partial charge in [0.2, 0.25) is 0 Å². The summed E-state index contributed by atoms with van der Waals surface area (Å²) in [5.74, 6) is 1.24. The van der Waals surface area contributed by atoms with Crippen molar-refractivity contribution in [2.45, 2.75) is 33.1 Å². The van der Waals surface area contributed by atoms with Gasteiger partial charge in [-0.2, -0.15) is 5.10 Å². The molecule has 0 amide bonds. The largest absolute Gasteiger partial charge is 0.280 e. The number of hydrogen-bond acceptors (Lipinski definition) is 2. The van der Waals surface area contributed by atoms with Crippen molar-refractivity contribution in [3.05, 3.63) is 40.8 Å². The standard InChI is InChI=1S/C16H19ClN4/c1-5-13-15-16(20(4)19-13)21(14(9-17)18-15)12-7-10(2)6-11(3)8-12/h6-8H,5,9H2,1-4H3. The smallest absolute Gasteiger partial charge is 0.163 e. The molecule has 2 aromatic heterocycles. The molecule has 0 N–H and O–H groups in total. The van der Waals surface area contributed by atoms with Crippen LogP contribution in [-0.4, -0.2) is 19.3 Å². The Bertz CT molecular complexity index is 793. The molecule has 3 rings (SSSR count). The second-order valence-electron chi connectivity index (χ2n) is 5.44. The molecule has 0 bridgehead atoms. The van der Waals surface area contributed by atoms with Crippen molar-refractivity contribution < 1.29 is 0 Å². The maximum atomic E-state index is 6.12. The van der Waals surface area contributed by atoms with Crippen molar-refractivity contribution in [1.29, 1.82) is 0 Å². The molecule has 5 heteroatoms. The highest BCUT2D eigenvalue weighted by Crippen LogP contribution is 2.26. The van der Waals surface area contributed by atoms with Gasteiger partial charge in [-0.05, 0) is 43.5 Å². The maximum absolute atomic E-state index is 6.12. The third-order valence-corrected chi connectivity index (χ3v) is 3.93. The number of benzene rings is 1. The van der Waals surface area contributed by atoms with Gasteiger partial charge in [-0.3, -0.25) is 4.57 Å². The second-order valence-corrected chi connectivity index (χ2v) is 5.71. The van der Waals surface area contributed by atoms with E-state index in [9.17, 15) is 0 Å². The summed E-state index contributed by atoms with van der Waals surface area (Å²) in [6.07, 6.45) is 0.864. The molecule has 0 radical (unpaired) electrons. The van der Waals surface area contributed by atoms with Gasteiger partial charge in [-0.15, -0.1) is 11.6 Å². The molecule has 0 saturated carbocycles. The molecule has 4 nitrogen and oxygen atoms in total. The van der Waals surface area contributed by atoms with E-state index in [1.165, 1.54) is 11.1 Å². The fourth-order valence-corrected chi connectivity index (χ4v) is 3.08. The van der Waals surface area contributed by atoms with Crippen molar-refractivity contribution in [2.75, 3.05) is 0 Å². The summed E-state index contributed by atoms with van der Waals surface area (Å²) in [6.45, 7) is 6.30. The van der Waals surface area contributed by atoms with Crippen LogP contribution in [0.2, 0.25) is 0 Å². The van der Waals surface area contributed by atoms with Crippen LogP contribution in [0.25, 0.3) is 16.9 Å². The molecule has 0 unspecified atom stereocenters. The van der Waals surface area contributed by atoms with E-state index in [1.807, 2.05) is 11.7 Å². The fraction of sp³-hybridized carbons (Fsp3) is 0.375. The molecule has 21 heavy (non-hydrogen) atoms. The van der Waals surface area contributed by atoms with Crippen LogP contribution in [0.1, 0.15) is 29.6 Å². The third-order valence-electron chi connectivity index (χ3n) is 3.69. The Kier molecular flexibility index (Phi) is 3.49. The van der Waals surface area contributed by atoms with E-state index in [-0.39, 0.29) is 0 Å². The third kappa shape index (κ3) is 2.23. The summed E-state index contributed by atoms with van der Waals surface area (Å²) < 4.78 is 4.02. The van der Waals surface area contributed by atoms with Crippen molar-refractivity contribution >= 4 is 22.8 Å². The molecule has 110 valence electrons. The maximum Gasteiger partial charge on any atom is 0.163 e. The molecule has 0 aliphatic rings. The number of nitrogens with zero attached hydrogens (tertiary/aromatic N) is 4. The molecule has 0 spiro atoms. The van der Waals surface area contributed by atoms with E-state index in [0.717, 1.165) is 34.8 Å². The Labute approximate surface area is 129 Å². The van der Waals surface area contributed by atoms with Gasteiger partial charge in [0.25, 0.3) is 0 Å². The minimum Gasteiger partial charge on any atom is -0.280 e. The Hall–Kier alpha value is -1.81. The van der Waals surface area contributed by atoms with Crippen molar-refractivity contribution in [3.8, 4) is 5.69 Å². The topological polar surface area (TPSA) is 35.6 Å². The fourth-order valence-electron chi connectivity index (χ4n) is 2.90. The minimum absolute atomic E-state index is 0.380. The van der Waals surface area contributed by atoms with Crippen molar-refractivity contribution in [3.63, 3.8) is 0 Å². The van der Waals surface area contributed by atoms with Gasteiger partial charge >= 0.3 is 0 Å². The summed E-state index contributed by atoms with van der Waals surface area (Å²) >= 11 is 6.12. The highest BCUT2D eigenvalue weighted by atomic mass is 35.5. The Morgan fingerprint density at radius 1 is 1.14 bits per heavy atom. The number of fused-ring (bicyclic) bond motifs is 1. The van der Waals surface area contributed by atoms with Gasteiger partial charge in [0, 0.05) is 12.7 Å². The van der Waals surface area contributed by atoms with Gasteiger partial charge in [-0.25, -0.2) is 9.67 Å². The summed E-state index contributed by atoms with van der Waals surface area (Å²) in [6, 6.07) is 6.48. The molecule has 2 heterocycles.